The minimum atomic E-state index is -2.88. The van der Waals surface area contributed by atoms with Gasteiger partial charge in [-0.15, -0.1) is 0 Å². The molecule has 246 valence electrons. The molecule has 6 nitrogen and oxygen atoms in total. The molecule has 1 saturated heterocycles. The molecule has 0 aromatic heterocycles. The van der Waals surface area contributed by atoms with E-state index in [1.165, 1.54) is 10.4 Å². The fourth-order valence-corrected chi connectivity index (χ4v) is 11.6. The van der Waals surface area contributed by atoms with Crippen LogP contribution in [0.25, 0.3) is 0 Å². The molecule has 0 N–H and O–H groups in total. The smallest absolute Gasteiger partial charge is 0.261 e. The van der Waals surface area contributed by atoms with Crippen molar-refractivity contribution in [2.75, 3.05) is 20.4 Å². The summed E-state index contributed by atoms with van der Waals surface area (Å²) in [4.78, 5) is 0. The Bertz CT molecular complexity index is 1440. The van der Waals surface area contributed by atoms with Crippen molar-refractivity contribution in [2.45, 2.75) is 69.7 Å². The highest BCUT2D eigenvalue weighted by Gasteiger charge is 2.53. The lowest BCUT2D eigenvalue weighted by atomic mass is 9.98. The normalized spacial score (nSPS) is 22.5. The first kappa shape index (κ1) is 35.7. The molecule has 0 spiro atoms. The van der Waals surface area contributed by atoms with Gasteiger partial charge in [0.2, 0.25) is 0 Å². The van der Waals surface area contributed by atoms with Gasteiger partial charge < -0.3 is 27.9 Å². The van der Waals surface area contributed by atoms with Crippen LogP contribution in [0.1, 0.15) is 31.9 Å². The number of hydrogen-bond acceptors (Lipinski definition) is 6. The molecule has 3 unspecified atom stereocenters. The van der Waals surface area contributed by atoms with Crippen LogP contribution in [0.3, 0.4) is 0 Å². The van der Waals surface area contributed by atoms with Crippen LogP contribution in [0, 0.1) is 0 Å². The molecular formula is C38H46BO6PSi. The number of methoxy groups -OCH3 is 1. The lowest BCUT2D eigenvalue weighted by molar-refractivity contribution is -0.304. The number of rotatable bonds is 14. The maximum absolute atomic E-state index is 7.37. The number of benzene rings is 4. The summed E-state index contributed by atoms with van der Waals surface area (Å²) in [7, 11) is 3.74. The van der Waals surface area contributed by atoms with Gasteiger partial charge in [-0.05, 0) is 41.2 Å². The Balaban J connectivity index is 1.54. The van der Waals surface area contributed by atoms with Crippen LogP contribution in [0.15, 0.2) is 121 Å². The van der Waals surface area contributed by atoms with Gasteiger partial charge in [-0.2, -0.15) is 0 Å². The van der Waals surface area contributed by atoms with Crippen molar-refractivity contribution < 1.29 is 27.9 Å². The molecule has 1 fully saturated rings. The van der Waals surface area contributed by atoms with Gasteiger partial charge in [0.1, 0.15) is 32.0 Å². The Morgan fingerprint density at radius 2 is 1.13 bits per heavy atom. The summed E-state index contributed by atoms with van der Waals surface area (Å²) in [5, 5.41) is 2.17. The summed E-state index contributed by atoms with van der Waals surface area (Å²) < 4.78 is 39.8. The molecule has 4 aromatic carbocycles. The second kappa shape index (κ2) is 16.6. The Morgan fingerprint density at radius 1 is 0.681 bits per heavy atom. The van der Waals surface area contributed by atoms with Crippen molar-refractivity contribution in [3.05, 3.63) is 132 Å². The predicted molar refractivity (Wildman–Crippen MR) is 193 cm³/mol. The van der Waals surface area contributed by atoms with Gasteiger partial charge in [0.15, 0.2) is 6.29 Å². The lowest BCUT2D eigenvalue weighted by Gasteiger charge is -2.48. The largest absolute Gasteiger partial charge is 0.405 e. The molecule has 1 aliphatic rings. The maximum atomic E-state index is 7.37. The molecule has 47 heavy (non-hydrogen) atoms. The predicted octanol–water partition coefficient (Wildman–Crippen LogP) is 6.60. The summed E-state index contributed by atoms with van der Waals surface area (Å²) in [6.45, 7) is 9.64. The van der Waals surface area contributed by atoms with E-state index in [1.54, 1.807) is 7.11 Å². The standard InChI is InChI=1S/C38H46BO6PSi/c1-38(2,3)47(31-22-14-8-15-23-31,32-24-16-9-17-25-32)43-28-33-34(41-26-29-18-10-6-11-19-29)35(42-27-30-20-12-7-13-21-30)36(45-46(5)39)37(40-4)44-33/h6-25,33-37H,26-28H2,1-5H3/t33?,34-,35+,36?,37-,46?/m1/s1. The van der Waals surface area contributed by atoms with Gasteiger partial charge >= 0.3 is 0 Å². The zero-order chi connectivity index (χ0) is 33.3. The van der Waals surface area contributed by atoms with Crippen LogP contribution in [0.2, 0.25) is 5.04 Å². The quantitative estimate of drug-likeness (QED) is 0.112. The third-order valence-electron chi connectivity index (χ3n) is 8.56. The van der Waals surface area contributed by atoms with Crippen LogP contribution in [0.5, 0.6) is 0 Å². The van der Waals surface area contributed by atoms with Crippen molar-refractivity contribution in [3.63, 3.8) is 0 Å². The third kappa shape index (κ3) is 8.69. The second-order valence-electron chi connectivity index (χ2n) is 12.9. The van der Waals surface area contributed by atoms with Crippen molar-refractivity contribution in [3.8, 4) is 0 Å². The molecule has 4 aromatic rings. The minimum absolute atomic E-state index is 0.210. The highest BCUT2D eigenvalue weighted by atomic mass is 31.1. The first-order chi connectivity index (χ1) is 22.7. The van der Waals surface area contributed by atoms with Gasteiger partial charge in [-0.3, -0.25) is 0 Å². The summed E-state index contributed by atoms with van der Waals surface area (Å²) in [5.74, 6) is 0. The molecule has 6 atom stereocenters. The molecule has 1 aliphatic heterocycles. The molecule has 0 aliphatic carbocycles. The van der Waals surface area contributed by atoms with E-state index < -0.39 is 47.1 Å². The van der Waals surface area contributed by atoms with Gasteiger partial charge in [0.05, 0.1) is 19.8 Å². The Labute approximate surface area is 284 Å². The Hall–Kier alpha value is -2.65. The molecule has 5 rings (SSSR count). The maximum Gasteiger partial charge on any atom is 0.261 e. The number of hydrogen-bond donors (Lipinski definition) is 0. The van der Waals surface area contributed by atoms with E-state index in [-0.39, 0.29) is 11.6 Å². The second-order valence-corrected chi connectivity index (χ2v) is 18.5. The average Bonchev–Trinajstić information content (AvgIpc) is 3.08. The van der Waals surface area contributed by atoms with Crippen molar-refractivity contribution in [1.29, 1.82) is 0 Å². The summed E-state index contributed by atoms with van der Waals surface area (Å²) >= 11 is 0. The molecule has 2 radical (unpaired) electrons. The summed E-state index contributed by atoms with van der Waals surface area (Å²) in [5.41, 5.74) is 2.09. The fraction of sp³-hybridized carbons (Fsp3) is 0.368. The Kier molecular flexibility index (Phi) is 12.6. The summed E-state index contributed by atoms with van der Waals surface area (Å²) in [6, 6.07) is 41.4. The molecule has 0 bridgehead atoms. The molecule has 0 saturated carbocycles. The van der Waals surface area contributed by atoms with E-state index >= 15 is 0 Å². The van der Waals surface area contributed by atoms with E-state index in [9.17, 15) is 0 Å². The van der Waals surface area contributed by atoms with Crippen molar-refractivity contribution >= 4 is 34.3 Å². The van der Waals surface area contributed by atoms with Gasteiger partial charge in [0, 0.05) is 7.11 Å². The van der Waals surface area contributed by atoms with Crippen LogP contribution >= 0.6 is 8.03 Å². The monoisotopic (exact) mass is 668 g/mol. The van der Waals surface area contributed by atoms with E-state index in [0.717, 1.165) is 11.1 Å². The van der Waals surface area contributed by atoms with Crippen LogP contribution in [-0.2, 0) is 41.1 Å². The van der Waals surface area contributed by atoms with E-state index in [1.807, 2.05) is 67.3 Å². The van der Waals surface area contributed by atoms with Crippen molar-refractivity contribution in [1.82, 2.24) is 0 Å². The van der Waals surface area contributed by atoms with E-state index in [4.69, 9.17) is 35.5 Å². The van der Waals surface area contributed by atoms with E-state index in [0.29, 0.717) is 13.2 Å². The van der Waals surface area contributed by atoms with Gasteiger partial charge in [-0.1, -0.05) is 142 Å². The van der Waals surface area contributed by atoms with Crippen LogP contribution < -0.4 is 10.4 Å². The highest BCUT2D eigenvalue weighted by molar-refractivity contribution is 7.77. The topological polar surface area (TPSA) is 55.4 Å². The number of ether oxygens (including phenoxy) is 4. The van der Waals surface area contributed by atoms with Gasteiger partial charge in [0.25, 0.3) is 8.32 Å². The van der Waals surface area contributed by atoms with Crippen LogP contribution in [0.4, 0.5) is 0 Å². The zero-order valence-corrected chi connectivity index (χ0v) is 29.9. The minimum Gasteiger partial charge on any atom is -0.405 e. The SMILES string of the molecule is [B]P(C)OC1[C@H](OC)OC(CO[Si](c2ccccc2)(c2ccccc2)C(C)(C)C)[C@@H](OCc2ccccc2)[C@@H]1OCc1ccccc1. The van der Waals surface area contributed by atoms with Crippen molar-refractivity contribution in [2.24, 2.45) is 0 Å². The molecular weight excluding hydrogens is 622 g/mol. The average molecular weight is 669 g/mol. The Morgan fingerprint density at radius 3 is 1.55 bits per heavy atom. The highest BCUT2D eigenvalue weighted by Crippen LogP contribution is 2.40. The van der Waals surface area contributed by atoms with Gasteiger partial charge in [-0.25, -0.2) is 0 Å². The zero-order valence-electron chi connectivity index (χ0n) is 28.0. The third-order valence-corrected chi connectivity index (χ3v) is 14.1. The van der Waals surface area contributed by atoms with Crippen LogP contribution in [-0.4, -0.2) is 67.0 Å². The fourth-order valence-electron chi connectivity index (χ4n) is 6.40. The molecule has 0 amide bonds. The van der Waals surface area contributed by atoms with E-state index in [2.05, 4.69) is 81.4 Å². The first-order valence-electron chi connectivity index (χ1n) is 16.1. The summed E-state index contributed by atoms with van der Waals surface area (Å²) in [6.07, 6.45) is -3.00. The molecule has 1 heterocycles. The lowest BCUT2D eigenvalue weighted by Crippen LogP contribution is -2.68. The first-order valence-corrected chi connectivity index (χ1v) is 19.8. The molecule has 9 heteroatoms.